The molecule has 4 heteroatoms. The second-order valence-electron chi connectivity index (χ2n) is 3.07. The van der Waals surface area contributed by atoms with Gasteiger partial charge in [0.2, 0.25) is 0 Å². The highest BCUT2D eigenvalue weighted by Gasteiger charge is 2.07. The number of ether oxygens (including phenoxy) is 1. The molecule has 82 valence electrons. The Kier molecular flexibility index (Phi) is 4.95. The number of nitrogens with two attached hydrogens (primary N) is 1. The van der Waals surface area contributed by atoms with Crippen molar-refractivity contribution in [1.82, 2.24) is 0 Å². The lowest BCUT2D eigenvalue weighted by Crippen LogP contribution is -2.06. The second kappa shape index (κ2) is 6.01. The summed E-state index contributed by atoms with van der Waals surface area (Å²) in [6.07, 6.45) is 0.727. The minimum Gasteiger partial charge on any atom is -0.486 e. The van der Waals surface area contributed by atoms with E-state index in [0.29, 0.717) is 22.3 Å². The molecule has 0 radical (unpaired) electrons. The lowest BCUT2D eigenvalue weighted by molar-refractivity contribution is 0.356. The standard InChI is InChI=1S/C11H13Cl2NO/c1-8(12)7-15-11-9(5-6-14)3-2-4-10(11)13/h2-4H,1,5-7,14H2. The summed E-state index contributed by atoms with van der Waals surface area (Å²) in [6.45, 7) is 4.36. The average molecular weight is 246 g/mol. The third kappa shape index (κ3) is 3.74. The molecule has 0 bridgehead atoms. The summed E-state index contributed by atoms with van der Waals surface area (Å²) < 4.78 is 5.46. The van der Waals surface area contributed by atoms with Gasteiger partial charge in [0.1, 0.15) is 12.4 Å². The Balaban J connectivity index is 2.86. The van der Waals surface area contributed by atoms with Gasteiger partial charge in [0, 0.05) is 5.03 Å². The van der Waals surface area contributed by atoms with E-state index < -0.39 is 0 Å². The minimum absolute atomic E-state index is 0.253. The Labute approximate surface area is 99.6 Å². The van der Waals surface area contributed by atoms with E-state index in [0.717, 1.165) is 12.0 Å². The Morgan fingerprint density at radius 1 is 1.47 bits per heavy atom. The second-order valence-corrected chi connectivity index (χ2v) is 4.01. The SMILES string of the molecule is C=C(Cl)COc1c(Cl)cccc1CCN. The van der Waals surface area contributed by atoms with Crippen LogP contribution in [0.3, 0.4) is 0 Å². The van der Waals surface area contributed by atoms with Gasteiger partial charge in [-0.3, -0.25) is 0 Å². The van der Waals surface area contributed by atoms with E-state index in [-0.39, 0.29) is 6.61 Å². The van der Waals surface area contributed by atoms with E-state index in [1.807, 2.05) is 12.1 Å². The van der Waals surface area contributed by atoms with E-state index in [1.54, 1.807) is 6.07 Å². The van der Waals surface area contributed by atoms with Gasteiger partial charge in [-0.05, 0) is 24.6 Å². The summed E-state index contributed by atoms with van der Waals surface area (Å²) in [5, 5.41) is 1.01. The van der Waals surface area contributed by atoms with Crippen LogP contribution >= 0.6 is 23.2 Å². The molecule has 2 N–H and O–H groups in total. The Morgan fingerprint density at radius 2 is 2.20 bits per heavy atom. The summed E-state index contributed by atoms with van der Waals surface area (Å²) in [4.78, 5) is 0. The first-order chi connectivity index (χ1) is 7.15. The number of para-hydroxylation sites is 1. The Bertz CT molecular complexity index is 352. The van der Waals surface area contributed by atoms with Crippen molar-refractivity contribution in [3.05, 3.63) is 40.4 Å². The Morgan fingerprint density at radius 3 is 2.80 bits per heavy atom. The third-order valence-electron chi connectivity index (χ3n) is 1.84. The van der Waals surface area contributed by atoms with Crippen LogP contribution in [-0.2, 0) is 6.42 Å². The molecule has 0 heterocycles. The van der Waals surface area contributed by atoms with Crippen LogP contribution in [0, 0.1) is 0 Å². The molecule has 1 aromatic rings. The molecular weight excluding hydrogens is 233 g/mol. The molecular formula is C11H13Cl2NO. The summed E-state index contributed by atoms with van der Waals surface area (Å²) in [5.74, 6) is 0.645. The summed E-state index contributed by atoms with van der Waals surface area (Å²) in [5.41, 5.74) is 6.48. The summed E-state index contributed by atoms with van der Waals surface area (Å²) in [6, 6.07) is 5.58. The highest BCUT2D eigenvalue weighted by atomic mass is 35.5. The number of benzene rings is 1. The quantitative estimate of drug-likeness (QED) is 0.866. The molecule has 0 fully saturated rings. The largest absolute Gasteiger partial charge is 0.486 e. The van der Waals surface area contributed by atoms with Crippen LogP contribution in [0.25, 0.3) is 0 Å². The maximum Gasteiger partial charge on any atom is 0.141 e. The number of rotatable bonds is 5. The monoisotopic (exact) mass is 245 g/mol. The van der Waals surface area contributed by atoms with E-state index in [1.165, 1.54) is 0 Å². The van der Waals surface area contributed by atoms with Crippen molar-refractivity contribution in [3.8, 4) is 5.75 Å². The fraction of sp³-hybridized carbons (Fsp3) is 0.273. The molecule has 1 rings (SSSR count). The molecule has 0 aromatic heterocycles. The van der Waals surface area contributed by atoms with Crippen LogP contribution in [0.2, 0.25) is 5.02 Å². The highest BCUT2D eigenvalue weighted by Crippen LogP contribution is 2.29. The molecule has 0 atom stereocenters. The molecule has 2 nitrogen and oxygen atoms in total. The first kappa shape index (κ1) is 12.4. The molecule has 0 saturated carbocycles. The van der Waals surface area contributed by atoms with Crippen LogP contribution in [0.15, 0.2) is 29.8 Å². The van der Waals surface area contributed by atoms with Crippen LogP contribution < -0.4 is 10.5 Å². The smallest absolute Gasteiger partial charge is 0.141 e. The van der Waals surface area contributed by atoms with E-state index in [2.05, 4.69) is 6.58 Å². The van der Waals surface area contributed by atoms with Crippen LogP contribution in [0.1, 0.15) is 5.56 Å². The summed E-state index contributed by atoms with van der Waals surface area (Å²) >= 11 is 11.6. The lowest BCUT2D eigenvalue weighted by atomic mass is 10.1. The van der Waals surface area contributed by atoms with E-state index >= 15 is 0 Å². The molecule has 0 aliphatic rings. The average Bonchev–Trinajstić information content (AvgIpc) is 2.17. The topological polar surface area (TPSA) is 35.2 Å². The maximum absolute atomic E-state index is 6.01. The van der Waals surface area contributed by atoms with E-state index in [4.69, 9.17) is 33.7 Å². The fourth-order valence-corrected chi connectivity index (χ4v) is 1.52. The first-order valence-corrected chi connectivity index (χ1v) is 5.34. The van der Waals surface area contributed by atoms with Gasteiger partial charge in [0.25, 0.3) is 0 Å². The molecule has 0 amide bonds. The molecule has 0 spiro atoms. The number of halogens is 2. The van der Waals surface area contributed by atoms with Gasteiger partial charge in [0.15, 0.2) is 0 Å². The zero-order valence-corrected chi connectivity index (χ0v) is 9.81. The third-order valence-corrected chi connectivity index (χ3v) is 2.24. The van der Waals surface area contributed by atoms with Gasteiger partial charge in [-0.25, -0.2) is 0 Å². The minimum atomic E-state index is 0.253. The molecule has 15 heavy (non-hydrogen) atoms. The lowest BCUT2D eigenvalue weighted by Gasteiger charge is -2.11. The van der Waals surface area contributed by atoms with Crippen molar-refractivity contribution in [2.75, 3.05) is 13.2 Å². The highest BCUT2D eigenvalue weighted by molar-refractivity contribution is 6.32. The summed E-state index contributed by atoms with van der Waals surface area (Å²) in [7, 11) is 0. The van der Waals surface area contributed by atoms with Crippen molar-refractivity contribution in [2.45, 2.75) is 6.42 Å². The van der Waals surface area contributed by atoms with Crippen LogP contribution in [0.4, 0.5) is 0 Å². The van der Waals surface area contributed by atoms with Gasteiger partial charge in [-0.2, -0.15) is 0 Å². The van der Waals surface area contributed by atoms with Gasteiger partial charge in [-0.15, -0.1) is 0 Å². The first-order valence-electron chi connectivity index (χ1n) is 4.58. The fourth-order valence-electron chi connectivity index (χ4n) is 1.22. The number of hydrogen-bond donors (Lipinski definition) is 1. The maximum atomic E-state index is 6.01. The zero-order chi connectivity index (χ0) is 11.3. The molecule has 0 saturated heterocycles. The van der Waals surface area contributed by atoms with Gasteiger partial charge < -0.3 is 10.5 Å². The van der Waals surface area contributed by atoms with E-state index in [9.17, 15) is 0 Å². The van der Waals surface area contributed by atoms with Gasteiger partial charge >= 0.3 is 0 Å². The van der Waals surface area contributed by atoms with Crippen molar-refractivity contribution in [1.29, 1.82) is 0 Å². The molecule has 1 aromatic carbocycles. The van der Waals surface area contributed by atoms with Gasteiger partial charge in [0.05, 0.1) is 5.02 Å². The van der Waals surface area contributed by atoms with Crippen molar-refractivity contribution < 1.29 is 4.74 Å². The van der Waals surface area contributed by atoms with Crippen LogP contribution in [-0.4, -0.2) is 13.2 Å². The van der Waals surface area contributed by atoms with Gasteiger partial charge in [-0.1, -0.05) is 41.9 Å². The predicted molar refractivity (Wildman–Crippen MR) is 64.7 cm³/mol. The van der Waals surface area contributed by atoms with Crippen molar-refractivity contribution in [3.63, 3.8) is 0 Å². The predicted octanol–water partition coefficient (Wildman–Crippen LogP) is 2.97. The number of hydrogen-bond acceptors (Lipinski definition) is 2. The van der Waals surface area contributed by atoms with Crippen LogP contribution in [0.5, 0.6) is 5.75 Å². The molecule has 0 aliphatic heterocycles. The molecule has 0 aliphatic carbocycles. The molecule has 0 unspecified atom stereocenters. The van der Waals surface area contributed by atoms with Crippen molar-refractivity contribution in [2.24, 2.45) is 5.73 Å². The van der Waals surface area contributed by atoms with Crippen molar-refractivity contribution >= 4 is 23.2 Å². The zero-order valence-electron chi connectivity index (χ0n) is 8.30. The Hall–Kier alpha value is -0.700. The normalized spacial score (nSPS) is 10.1.